The van der Waals surface area contributed by atoms with Crippen molar-refractivity contribution in [3.8, 4) is 23.0 Å². The molecule has 1 N–H and O–H groups in total. The predicted octanol–water partition coefficient (Wildman–Crippen LogP) is 5.01. The molecule has 344 valence electrons. The number of benzene rings is 4. The molecular formula is C46H40O20. The van der Waals surface area contributed by atoms with Crippen molar-refractivity contribution in [2.24, 2.45) is 0 Å². The van der Waals surface area contributed by atoms with Gasteiger partial charge in [-0.15, -0.1) is 0 Å². The lowest BCUT2D eigenvalue weighted by atomic mass is 10.1. The molecule has 6 rings (SSSR count). The highest BCUT2D eigenvalue weighted by Crippen LogP contribution is 2.34. The molecule has 66 heavy (non-hydrogen) atoms. The fourth-order valence-corrected chi connectivity index (χ4v) is 6.01. The quantitative estimate of drug-likeness (QED) is 0.0247. The molecule has 2 aliphatic rings. The highest BCUT2D eigenvalue weighted by molar-refractivity contribution is 5.92. The monoisotopic (exact) mass is 912 g/mol. The molecule has 0 amide bonds. The zero-order valence-corrected chi connectivity index (χ0v) is 34.6. The molecular weight excluding hydrogens is 872 g/mol. The molecule has 2 heterocycles. The van der Waals surface area contributed by atoms with Crippen LogP contribution in [0.25, 0.3) is 0 Å². The summed E-state index contributed by atoms with van der Waals surface area (Å²) in [7, 11) is 0. The van der Waals surface area contributed by atoms with Crippen LogP contribution in [0.15, 0.2) is 122 Å². The van der Waals surface area contributed by atoms with Gasteiger partial charge in [-0.1, -0.05) is 25.3 Å². The summed E-state index contributed by atoms with van der Waals surface area (Å²) in [5.74, 6) is -2.97. The van der Waals surface area contributed by atoms with Crippen LogP contribution in [0, 0.1) is 0 Å². The van der Waals surface area contributed by atoms with Gasteiger partial charge in [0, 0.05) is 17.7 Å². The van der Waals surface area contributed by atoms with Crippen molar-refractivity contribution in [1.29, 1.82) is 0 Å². The van der Waals surface area contributed by atoms with Crippen molar-refractivity contribution in [3.05, 3.63) is 145 Å². The van der Waals surface area contributed by atoms with Gasteiger partial charge in [-0.2, -0.15) is 0 Å². The van der Waals surface area contributed by atoms with Gasteiger partial charge in [0.25, 0.3) is 0 Å². The number of fused-ring (bicyclic) bond motifs is 1. The molecule has 0 aliphatic carbocycles. The average molecular weight is 913 g/mol. The Morgan fingerprint density at radius 3 is 1.32 bits per heavy atom. The number of hydrogen-bond acceptors (Lipinski definition) is 20. The van der Waals surface area contributed by atoms with Gasteiger partial charge in [0.05, 0.1) is 29.9 Å². The van der Waals surface area contributed by atoms with E-state index in [0.717, 1.165) is 12.2 Å². The van der Waals surface area contributed by atoms with Crippen molar-refractivity contribution in [3.63, 3.8) is 0 Å². The van der Waals surface area contributed by atoms with Crippen molar-refractivity contribution in [2.75, 3.05) is 39.6 Å². The second-order valence-corrected chi connectivity index (χ2v) is 13.6. The Hall–Kier alpha value is -7.91. The average Bonchev–Trinajstić information content (AvgIpc) is 3.92. The molecule has 2 fully saturated rings. The first-order valence-corrected chi connectivity index (χ1v) is 19.8. The number of hydrogen-bond donors (Lipinski definition) is 1. The largest absolute Gasteiger partial charge is 0.513 e. The first-order chi connectivity index (χ1) is 31.9. The minimum atomic E-state index is -1.42. The molecule has 0 saturated carbocycles. The molecule has 0 radical (unpaired) electrons. The number of aliphatic hydroxyl groups excluding tert-OH is 1. The maximum Gasteiger partial charge on any atom is 0.513 e. The summed E-state index contributed by atoms with van der Waals surface area (Å²) in [5.41, 5.74) is 0.783. The summed E-state index contributed by atoms with van der Waals surface area (Å²) in [6, 6.07) is 22.5. The fraction of sp³-hybridized carbons (Fsp3) is 0.239. The topological polar surface area (TPSA) is 250 Å². The van der Waals surface area contributed by atoms with Crippen LogP contribution in [0.2, 0.25) is 0 Å². The number of carbonyl (C=O) groups is 7. The van der Waals surface area contributed by atoms with E-state index in [9.17, 15) is 38.7 Å². The van der Waals surface area contributed by atoms with E-state index in [2.05, 4.69) is 13.2 Å². The van der Waals surface area contributed by atoms with Gasteiger partial charge in [-0.25, -0.2) is 33.6 Å². The number of ether oxygens (including phenoxy) is 12. The molecule has 1 unspecified atom stereocenters. The van der Waals surface area contributed by atoms with Gasteiger partial charge >= 0.3 is 42.2 Å². The Balaban J connectivity index is 0.899. The van der Waals surface area contributed by atoms with E-state index >= 15 is 0 Å². The van der Waals surface area contributed by atoms with Gasteiger partial charge in [0.2, 0.25) is 0 Å². The lowest BCUT2D eigenvalue weighted by Gasteiger charge is -2.21. The van der Waals surface area contributed by atoms with E-state index in [4.69, 9.17) is 56.8 Å². The molecule has 4 aromatic rings. The molecule has 5 atom stereocenters. The van der Waals surface area contributed by atoms with E-state index in [1.54, 1.807) is 0 Å². The van der Waals surface area contributed by atoms with Crippen LogP contribution in [0.3, 0.4) is 0 Å². The molecule has 2 aliphatic heterocycles. The van der Waals surface area contributed by atoms with Gasteiger partial charge in [0.15, 0.2) is 12.4 Å². The second kappa shape index (κ2) is 23.1. The third-order valence-electron chi connectivity index (χ3n) is 9.21. The summed E-state index contributed by atoms with van der Waals surface area (Å²) in [6.45, 7) is 5.72. The second-order valence-electron chi connectivity index (χ2n) is 13.6. The highest BCUT2D eigenvalue weighted by atomic mass is 16.7. The summed E-state index contributed by atoms with van der Waals surface area (Å²) in [5, 5.41) is 10.9. The minimum Gasteiger partial charge on any atom is -0.459 e. The summed E-state index contributed by atoms with van der Waals surface area (Å²) in [6.07, 6.45) is -4.41. The summed E-state index contributed by atoms with van der Waals surface area (Å²) >= 11 is 0. The number of rotatable bonds is 19. The van der Waals surface area contributed by atoms with Crippen molar-refractivity contribution >= 4 is 42.2 Å². The van der Waals surface area contributed by atoms with Crippen LogP contribution in [0.1, 0.15) is 42.9 Å². The predicted molar refractivity (Wildman–Crippen MR) is 220 cm³/mol. The third-order valence-corrected chi connectivity index (χ3v) is 9.21. The first kappa shape index (κ1) is 47.6. The highest BCUT2D eigenvalue weighted by Gasteiger charge is 2.50. The van der Waals surface area contributed by atoms with E-state index in [1.165, 1.54) is 97.1 Å². The summed E-state index contributed by atoms with van der Waals surface area (Å²) in [4.78, 5) is 84.2. The maximum absolute atomic E-state index is 13.0. The van der Waals surface area contributed by atoms with Gasteiger partial charge in [-0.05, 0) is 84.9 Å². The molecule has 20 nitrogen and oxygen atoms in total. The zero-order valence-electron chi connectivity index (χ0n) is 34.6. The van der Waals surface area contributed by atoms with E-state index in [1.807, 2.05) is 0 Å². The smallest absolute Gasteiger partial charge is 0.459 e. The number of esters is 5. The third kappa shape index (κ3) is 13.5. The van der Waals surface area contributed by atoms with Crippen molar-refractivity contribution in [2.45, 2.75) is 30.7 Å². The molecule has 4 aromatic carbocycles. The standard InChI is InChI=1S/C46H40O20/c1-3-37(47)55-21-23-57-45(53)63-33-17-9-27(10-18-33)41(49)61-31-13-5-29(6-14-31)43(51)65-35-25-59-40-36(26-60-39(35)40)66-44(52)30-7-15-32(16-8-30)62-42(50)28-11-19-34(20-12-28)64-46(54)58-24-22-56-38(48)4-2/h3-20,35-36,39-40,43,51H,1-2,21-26H2/t35-,36+,39+,40+,43?/m0/s1. The Morgan fingerprint density at radius 1 is 0.515 bits per heavy atom. The Kier molecular flexibility index (Phi) is 16.7. The lowest BCUT2D eigenvalue weighted by molar-refractivity contribution is -0.163. The van der Waals surface area contributed by atoms with E-state index in [-0.39, 0.29) is 79.3 Å². The normalized spacial score (nSPS) is 17.4. The van der Waals surface area contributed by atoms with Crippen molar-refractivity contribution in [1.82, 2.24) is 0 Å². The van der Waals surface area contributed by atoms with Gasteiger partial charge < -0.3 is 61.9 Å². The molecule has 0 bridgehead atoms. The lowest BCUT2D eigenvalue weighted by Crippen LogP contribution is -2.35. The van der Waals surface area contributed by atoms with Crippen LogP contribution >= 0.6 is 0 Å². The molecule has 20 heteroatoms. The Labute approximate surface area is 375 Å². The van der Waals surface area contributed by atoms with Gasteiger partial charge in [0.1, 0.15) is 67.7 Å². The zero-order chi connectivity index (χ0) is 47.0. The first-order valence-electron chi connectivity index (χ1n) is 19.8. The van der Waals surface area contributed by atoms with Crippen LogP contribution in [0.4, 0.5) is 9.59 Å². The Morgan fingerprint density at radius 2 is 0.879 bits per heavy atom. The molecule has 0 spiro atoms. The number of aliphatic hydroxyl groups is 1. The maximum atomic E-state index is 13.0. The van der Waals surface area contributed by atoms with Crippen molar-refractivity contribution < 1.29 is 95.5 Å². The Bertz CT molecular complexity index is 2380. The van der Waals surface area contributed by atoms with Crippen LogP contribution in [-0.2, 0) is 47.5 Å². The SMILES string of the molecule is C=CC(=O)OCCOC(=O)Oc1ccc(C(=O)Oc2ccc(C(=O)O[C@@H]3CO[C@H]4[C@@H]3OC[C@@H]4OC(O)c3ccc(OC(=O)c4ccc(OC(=O)OCCOC(=O)C=C)cc4)cc3)cc2)cc1. The summed E-state index contributed by atoms with van der Waals surface area (Å²) < 4.78 is 63.0. The molecule has 2 saturated heterocycles. The van der Waals surface area contributed by atoms with Gasteiger partial charge in [-0.3, -0.25) is 0 Å². The van der Waals surface area contributed by atoms with Crippen LogP contribution in [-0.4, -0.2) is 111 Å². The van der Waals surface area contributed by atoms with E-state index in [0.29, 0.717) is 5.56 Å². The minimum absolute atomic E-state index is 0.00389. The molecule has 0 aromatic heterocycles. The van der Waals surface area contributed by atoms with Crippen LogP contribution in [0.5, 0.6) is 23.0 Å². The van der Waals surface area contributed by atoms with Crippen LogP contribution < -0.4 is 18.9 Å². The fourth-order valence-electron chi connectivity index (χ4n) is 6.01. The van der Waals surface area contributed by atoms with E-state index < -0.39 is 72.9 Å². The number of carbonyl (C=O) groups excluding carboxylic acids is 7.